The van der Waals surface area contributed by atoms with Crippen LogP contribution in [0.5, 0.6) is 5.75 Å². The van der Waals surface area contributed by atoms with Gasteiger partial charge < -0.3 is 20.1 Å². The van der Waals surface area contributed by atoms with Crippen molar-refractivity contribution in [3.8, 4) is 5.75 Å². The Kier molecular flexibility index (Phi) is 10.9. The number of fused-ring (bicyclic) bond motifs is 1. The fraction of sp³-hybridized carbons (Fsp3) is 0.143. The Hall–Kier alpha value is -6.28. The van der Waals surface area contributed by atoms with Crippen LogP contribution in [-0.4, -0.2) is 51.8 Å². The highest BCUT2D eigenvalue weighted by atomic mass is 16.5. The predicted octanol–water partition coefficient (Wildman–Crippen LogP) is 7.69. The minimum absolute atomic E-state index is 0.141. The van der Waals surface area contributed by atoms with Gasteiger partial charge in [-0.15, -0.1) is 0 Å². The number of aliphatic carboxylic acids is 1. The molecule has 6 aromatic rings. The van der Waals surface area contributed by atoms with Gasteiger partial charge in [-0.05, 0) is 53.9 Å². The molecule has 1 heterocycles. The van der Waals surface area contributed by atoms with Crippen molar-refractivity contribution < 1.29 is 24.2 Å². The second-order valence-electron chi connectivity index (χ2n) is 11.9. The third kappa shape index (κ3) is 8.59. The molecule has 0 aliphatic rings. The van der Waals surface area contributed by atoms with Gasteiger partial charge >= 0.3 is 5.97 Å². The number of pyridine rings is 1. The Morgan fingerprint density at radius 2 is 1.40 bits per heavy atom. The summed E-state index contributed by atoms with van der Waals surface area (Å²) < 4.78 is 6.01. The number of nitrogens with zero attached hydrogens (tertiary/aromatic N) is 2. The second kappa shape index (κ2) is 16.2. The van der Waals surface area contributed by atoms with Gasteiger partial charge in [0.15, 0.2) is 5.78 Å². The van der Waals surface area contributed by atoms with Gasteiger partial charge in [-0.3, -0.25) is 9.59 Å². The van der Waals surface area contributed by atoms with Crippen LogP contribution in [0.4, 0.5) is 5.69 Å². The second-order valence-corrected chi connectivity index (χ2v) is 11.9. The van der Waals surface area contributed by atoms with E-state index in [1.165, 1.54) is 0 Å². The minimum Gasteiger partial charge on any atom is -0.494 e. The van der Waals surface area contributed by atoms with E-state index in [1.54, 1.807) is 59.5 Å². The average molecular weight is 664 g/mol. The Morgan fingerprint density at radius 1 is 0.720 bits per heavy atom. The van der Waals surface area contributed by atoms with Crippen LogP contribution in [0.15, 0.2) is 146 Å². The van der Waals surface area contributed by atoms with Crippen LogP contribution in [0.2, 0.25) is 0 Å². The first-order valence-corrected chi connectivity index (χ1v) is 16.5. The lowest BCUT2D eigenvalue weighted by atomic mass is 10.00. The van der Waals surface area contributed by atoms with Crippen LogP contribution < -0.4 is 10.1 Å². The van der Waals surface area contributed by atoms with Gasteiger partial charge in [0.05, 0.1) is 12.1 Å². The molecule has 6 rings (SSSR count). The molecule has 1 aromatic heterocycles. The molecule has 2 N–H and O–H groups in total. The molecule has 0 fully saturated rings. The zero-order valence-electron chi connectivity index (χ0n) is 27.4. The molecule has 0 radical (unpaired) electrons. The van der Waals surface area contributed by atoms with Gasteiger partial charge in [-0.1, -0.05) is 109 Å². The molecular formula is C42H37N3O5. The number of carboxylic acid groups (broad SMARTS) is 1. The highest BCUT2D eigenvalue weighted by Crippen LogP contribution is 2.22. The number of para-hydroxylation sites is 2. The van der Waals surface area contributed by atoms with Crippen molar-refractivity contribution in [2.24, 2.45) is 0 Å². The molecule has 0 aliphatic carbocycles. The average Bonchev–Trinajstić information content (AvgIpc) is 3.16. The summed E-state index contributed by atoms with van der Waals surface area (Å²) in [7, 11) is 0. The van der Waals surface area contributed by atoms with Crippen LogP contribution in [-0.2, 0) is 17.8 Å². The lowest BCUT2D eigenvalue weighted by Crippen LogP contribution is -2.33. The van der Waals surface area contributed by atoms with Crippen LogP contribution in [0.25, 0.3) is 10.9 Å². The Morgan fingerprint density at radius 3 is 2.16 bits per heavy atom. The van der Waals surface area contributed by atoms with E-state index in [4.69, 9.17) is 4.74 Å². The van der Waals surface area contributed by atoms with Crippen molar-refractivity contribution >= 4 is 34.3 Å². The third-order valence-corrected chi connectivity index (χ3v) is 8.36. The lowest BCUT2D eigenvalue weighted by molar-refractivity contribution is -0.137. The lowest BCUT2D eigenvalue weighted by Gasteiger charge is -2.23. The number of anilines is 1. The van der Waals surface area contributed by atoms with Crippen molar-refractivity contribution in [1.82, 2.24) is 9.88 Å². The molecule has 8 heteroatoms. The maximum atomic E-state index is 13.6. The number of aromatic nitrogens is 1. The van der Waals surface area contributed by atoms with Crippen molar-refractivity contribution in [3.05, 3.63) is 174 Å². The normalized spacial score (nSPS) is 11.4. The number of carboxylic acids is 1. The van der Waals surface area contributed by atoms with Crippen LogP contribution in [0, 0.1) is 0 Å². The van der Waals surface area contributed by atoms with E-state index >= 15 is 0 Å². The van der Waals surface area contributed by atoms with Crippen LogP contribution in [0.1, 0.15) is 44.0 Å². The monoisotopic (exact) mass is 663 g/mol. The highest BCUT2D eigenvalue weighted by Gasteiger charge is 2.22. The molecule has 0 aliphatic heterocycles. The van der Waals surface area contributed by atoms with E-state index < -0.39 is 12.0 Å². The third-order valence-electron chi connectivity index (χ3n) is 8.36. The molecule has 0 saturated carbocycles. The fourth-order valence-electron chi connectivity index (χ4n) is 5.75. The van der Waals surface area contributed by atoms with Crippen LogP contribution >= 0.6 is 0 Å². The molecule has 0 saturated heterocycles. The van der Waals surface area contributed by atoms with E-state index in [-0.39, 0.29) is 18.1 Å². The Labute approximate surface area is 291 Å². The number of nitrogens with one attached hydrogen (secondary N) is 1. The number of hydrogen-bond donors (Lipinski definition) is 2. The first kappa shape index (κ1) is 33.6. The highest BCUT2D eigenvalue weighted by molar-refractivity contribution is 6.12. The predicted molar refractivity (Wildman–Crippen MR) is 195 cm³/mol. The minimum atomic E-state index is -1.03. The molecule has 0 bridgehead atoms. The fourth-order valence-corrected chi connectivity index (χ4v) is 5.75. The SMILES string of the molecule is O=C(c1ccccc1)c1ccccc1N[C@@H](Cc1ccc(OCCCN(Cc2ccccc2)C(=O)c2ccc3ccccc3n2)cc1)C(=O)O. The summed E-state index contributed by atoms with van der Waals surface area (Å²) in [6.45, 7) is 1.31. The maximum absolute atomic E-state index is 13.6. The van der Waals surface area contributed by atoms with Gasteiger partial charge in [0.2, 0.25) is 0 Å². The van der Waals surface area contributed by atoms with E-state index in [0.717, 1.165) is 22.0 Å². The topological polar surface area (TPSA) is 109 Å². The van der Waals surface area contributed by atoms with Crippen molar-refractivity contribution in [1.29, 1.82) is 0 Å². The molecule has 250 valence electrons. The van der Waals surface area contributed by atoms with Gasteiger partial charge in [0.25, 0.3) is 5.91 Å². The smallest absolute Gasteiger partial charge is 0.326 e. The van der Waals surface area contributed by atoms with Gasteiger partial charge in [0, 0.05) is 41.7 Å². The summed E-state index contributed by atoms with van der Waals surface area (Å²) in [6, 6.07) is 43.5. The number of rotatable bonds is 15. The summed E-state index contributed by atoms with van der Waals surface area (Å²) in [5.41, 5.74) is 4.40. The summed E-state index contributed by atoms with van der Waals surface area (Å²) in [6.07, 6.45) is 0.795. The first-order valence-electron chi connectivity index (χ1n) is 16.5. The molecule has 1 amide bonds. The van der Waals surface area contributed by atoms with E-state index in [1.807, 2.05) is 91.0 Å². The zero-order chi connectivity index (χ0) is 34.7. The Balaban J connectivity index is 1.06. The van der Waals surface area contributed by atoms with Gasteiger partial charge in [-0.2, -0.15) is 0 Å². The van der Waals surface area contributed by atoms with Gasteiger partial charge in [-0.25, -0.2) is 9.78 Å². The number of amides is 1. The maximum Gasteiger partial charge on any atom is 0.326 e. The summed E-state index contributed by atoms with van der Waals surface area (Å²) in [5, 5.41) is 14.1. The van der Waals surface area contributed by atoms with E-state index in [9.17, 15) is 19.5 Å². The summed E-state index contributed by atoms with van der Waals surface area (Å²) in [4.78, 5) is 45.5. The number of carbonyl (C=O) groups excluding carboxylic acids is 2. The molecule has 8 nitrogen and oxygen atoms in total. The molecule has 1 atom stereocenters. The molecule has 5 aromatic carbocycles. The quantitative estimate of drug-likeness (QED) is 0.0857. The molecule has 0 spiro atoms. The van der Waals surface area contributed by atoms with Crippen molar-refractivity contribution in [2.75, 3.05) is 18.5 Å². The van der Waals surface area contributed by atoms with Crippen molar-refractivity contribution in [3.63, 3.8) is 0 Å². The van der Waals surface area contributed by atoms with Gasteiger partial charge in [0.1, 0.15) is 17.5 Å². The summed E-state index contributed by atoms with van der Waals surface area (Å²) >= 11 is 0. The summed E-state index contributed by atoms with van der Waals surface area (Å²) in [5.74, 6) is -0.708. The number of carbonyl (C=O) groups is 3. The van der Waals surface area contributed by atoms with E-state index in [2.05, 4.69) is 10.3 Å². The number of ether oxygens (including phenoxy) is 1. The van der Waals surface area contributed by atoms with E-state index in [0.29, 0.717) is 54.4 Å². The zero-order valence-corrected chi connectivity index (χ0v) is 27.4. The number of benzene rings is 5. The molecular weight excluding hydrogens is 626 g/mol. The van der Waals surface area contributed by atoms with Crippen LogP contribution in [0.3, 0.4) is 0 Å². The first-order chi connectivity index (χ1) is 24.4. The Bertz CT molecular complexity index is 2070. The number of hydrogen-bond acceptors (Lipinski definition) is 6. The van der Waals surface area contributed by atoms with Crippen molar-refractivity contribution in [2.45, 2.75) is 25.4 Å². The molecule has 0 unspecified atom stereocenters. The number of ketones is 1. The molecule has 50 heavy (non-hydrogen) atoms. The largest absolute Gasteiger partial charge is 0.494 e. The standard InChI is InChI=1S/C42H37N3O5/c46-40(33-15-5-2-6-16-33)35-17-8-10-19-37(35)44-39(42(48)49)28-30-20-23-34(24-21-30)50-27-11-26-45(29-31-12-3-1-4-13-31)41(47)38-25-22-32-14-7-9-18-36(32)43-38/h1-10,12-25,39,44H,11,26-29H2,(H,48,49)/t39-/m0/s1.